The van der Waals surface area contributed by atoms with Gasteiger partial charge in [0.1, 0.15) is 29.8 Å². The summed E-state index contributed by atoms with van der Waals surface area (Å²) in [4.78, 5) is 75.4. The molecule has 7 N–H and O–H groups in total. The molecule has 2 aromatic carbocycles. The van der Waals surface area contributed by atoms with Gasteiger partial charge >= 0.3 is 18.1 Å². The molecule has 5 rings (SSSR count). The molecular formula is C45H63ClN5O12P. The number of fused-ring (bicyclic) bond motifs is 3. The van der Waals surface area contributed by atoms with E-state index >= 15 is 0 Å². The van der Waals surface area contributed by atoms with E-state index in [4.69, 9.17) is 46.1 Å². The number of hydrogen-bond donors (Lipinski definition) is 6. The lowest BCUT2D eigenvalue weighted by molar-refractivity contribution is -0.641. The third-order valence-corrected chi connectivity index (χ3v) is 13.0. The second kappa shape index (κ2) is 21.7. The number of ether oxygens (including phenoxy) is 4. The number of urea groups is 1. The minimum atomic E-state index is -1.32. The number of nitrogens with one attached hydrogen (secondary N) is 4. The molecule has 1 spiro atoms. The lowest BCUT2D eigenvalue weighted by Crippen LogP contribution is -2.74. The van der Waals surface area contributed by atoms with Gasteiger partial charge in [0.25, 0.3) is 5.79 Å². The van der Waals surface area contributed by atoms with Gasteiger partial charge in [0.05, 0.1) is 18.7 Å². The predicted octanol–water partition coefficient (Wildman–Crippen LogP) is 5.90. The fourth-order valence-corrected chi connectivity index (χ4v) is 9.72. The van der Waals surface area contributed by atoms with Crippen molar-refractivity contribution in [2.75, 3.05) is 32.7 Å². The van der Waals surface area contributed by atoms with Gasteiger partial charge in [-0.3, -0.25) is 9.59 Å². The number of methoxy groups -OCH3 is 2. The number of halogens is 1. The number of carbonyl (C=O) groups excluding carboxylic acids is 5. The zero-order valence-corrected chi connectivity index (χ0v) is 39.4. The van der Waals surface area contributed by atoms with Crippen LogP contribution in [0, 0.1) is 29.6 Å². The summed E-state index contributed by atoms with van der Waals surface area (Å²) in [5.74, 6) is -1.80. The van der Waals surface area contributed by atoms with Crippen LogP contribution in [0.4, 0.5) is 15.3 Å². The normalized spacial score (nSPS) is 25.6. The van der Waals surface area contributed by atoms with Crippen LogP contribution in [-0.4, -0.2) is 85.4 Å². The van der Waals surface area contributed by atoms with Gasteiger partial charge in [0.15, 0.2) is 5.60 Å². The van der Waals surface area contributed by atoms with E-state index in [2.05, 4.69) is 44.4 Å². The quantitative estimate of drug-likeness (QED) is 0.0318. The molecule has 0 aromatic heterocycles. The number of amides is 5. The van der Waals surface area contributed by atoms with Crippen LogP contribution in [0.5, 0.6) is 5.75 Å². The van der Waals surface area contributed by atoms with Crippen LogP contribution in [0.3, 0.4) is 0 Å². The molecule has 5 amide bonds. The first-order valence-corrected chi connectivity index (χ1v) is 22.5. The van der Waals surface area contributed by atoms with Crippen LogP contribution in [0.1, 0.15) is 89.8 Å². The van der Waals surface area contributed by atoms with Gasteiger partial charge in [-0.05, 0) is 98.8 Å². The predicted molar refractivity (Wildman–Crippen MR) is 241 cm³/mol. The van der Waals surface area contributed by atoms with E-state index in [9.17, 15) is 29.1 Å². The largest absolute Gasteiger partial charge is 0.487 e. The highest BCUT2D eigenvalue weighted by Crippen LogP contribution is 2.65. The monoisotopic (exact) mass is 931 g/mol. The minimum absolute atomic E-state index is 0.0307. The molecule has 64 heavy (non-hydrogen) atoms. The lowest BCUT2D eigenvalue weighted by atomic mass is 9.54. The molecule has 10 unspecified atom stereocenters. The Bertz CT molecular complexity index is 2030. The number of hydrogen-bond acceptors (Lipinski definition) is 12. The van der Waals surface area contributed by atoms with Crippen molar-refractivity contribution < 1.29 is 57.8 Å². The van der Waals surface area contributed by atoms with Gasteiger partial charge in [-0.15, -0.1) is 0 Å². The molecule has 1 saturated heterocycles. The molecule has 3 fully saturated rings. The van der Waals surface area contributed by atoms with Crippen molar-refractivity contribution in [3.8, 4) is 5.75 Å². The highest BCUT2D eigenvalue weighted by Gasteiger charge is 2.74. The van der Waals surface area contributed by atoms with Gasteiger partial charge in [-0.2, -0.15) is 4.89 Å². The third-order valence-electron chi connectivity index (χ3n) is 12.3. The molecule has 2 aromatic rings. The van der Waals surface area contributed by atoms with Crippen LogP contribution >= 0.6 is 20.8 Å². The van der Waals surface area contributed by atoms with Gasteiger partial charge < -0.3 is 51.1 Å². The van der Waals surface area contributed by atoms with Crippen LogP contribution in [0.2, 0.25) is 5.02 Å². The Morgan fingerprint density at radius 2 is 1.73 bits per heavy atom. The standard InChI is InChI=1S/C45H63ClN5O12P/c1-25(2)37(51-42(57)61-43(5,64)24-52)40(55)50-34(9-8-18-48-41(47)56)39(54)49-32-14-10-28(11-15-32)23-60-38-30(13-17-35(53)58-6)12-16-33(36(38)46)45(59-7)44(62-63-45)27(4)21-29-19-26(3)20-31(44)22-29/h10-17,25-27,29,31,34,37,52H,8-9,18-24,64H2,1-7H3,(H,49,54)(H,50,55)(H,51,57)(H3,47,48,56)/b17-13+. The molecule has 0 radical (unpaired) electrons. The third kappa shape index (κ3) is 11.5. The first-order chi connectivity index (χ1) is 30.3. The zero-order valence-electron chi connectivity index (χ0n) is 37.5. The van der Waals surface area contributed by atoms with Crippen molar-refractivity contribution in [3.63, 3.8) is 0 Å². The van der Waals surface area contributed by atoms with Crippen LogP contribution in [0.15, 0.2) is 42.5 Å². The molecule has 1 heterocycles. The number of primary amides is 1. The van der Waals surface area contributed by atoms with Gasteiger partial charge in [-0.1, -0.05) is 72.8 Å². The van der Waals surface area contributed by atoms with E-state index in [0.29, 0.717) is 34.2 Å². The second-order valence-corrected chi connectivity index (χ2v) is 19.3. The number of aliphatic hydroxyl groups is 1. The summed E-state index contributed by atoms with van der Waals surface area (Å²) in [6.45, 7) is 9.06. The molecular weight excluding hydrogens is 869 g/mol. The molecule has 3 aliphatic rings. The summed E-state index contributed by atoms with van der Waals surface area (Å²) in [6.07, 6.45) is 6.42. The maximum absolute atomic E-state index is 13.7. The Balaban J connectivity index is 1.34. The summed E-state index contributed by atoms with van der Waals surface area (Å²) in [6, 6.07) is 7.52. The second-order valence-electron chi connectivity index (χ2n) is 17.7. The first-order valence-electron chi connectivity index (χ1n) is 21.6. The van der Waals surface area contributed by atoms with Gasteiger partial charge in [-0.25, -0.2) is 19.3 Å². The van der Waals surface area contributed by atoms with Crippen LogP contribution in [0.25, 0.3) is 6.08 Å². The van der Waals surface area contributed by atoms with E-state index in [-0.39, 0.29) is 48.6 Å². The minimum Gasteiger partial charge on any atom is -0.487 e. The molecule has 10 atom stereocenters. The van der Waals surface area contributed by atoms with Crippen LogP contribution < -0.4 is 31.7 Å². The summed E-state index contributed by atoms with van der Waals surface area (Å²) < 4.78 is 22.8. The van der Waals surface area contributed by atoms with E-state index in [0.717, 1.165) is 19.3 Å². The smallest absolute Gasteiger partial charge is 0.408 e. The topological polar surface area (TPSA) is 235 Å². The number of benzene rings is 2. The summed E-state index contributed by atoms with van der Waals surface area (Å²) in [7, 11) is 5.09. The Morgan fingerprint density at radius 1 is 1.02 bits per heavy atom. The van der Waals surface area contributed by atoms with Gasteiger partial charge in [0, 0.05) is 36.5 Å². The average Bonchev–Trinajstić information content (AvgIpc) is 3.23. The van der Waals surface area contributed by atoms with Crippen molar-refractivity contribution >= 4 is 62.5 Å². The molecule has 2 bridgehead atoms. The van der Waals surface area contributed by atoms with Crippen molar-refractivity contribution in [3.05, 3.63) is 64.2 Å². The van der Waals surface area contributed by atoms with Crippen molar-refractivity contribution in [2.45, 2.75) is 109 Å². The summed E-state index contributed by atoms with van der Waals surface area (Å²) in [5, 5.41) is 19.0. The van der Waals surface area contributed by atoms with Crippen molar-refractivity contribution in [1.29, 1.82) is 0 Å². The Labute approximate surface area is 381 Å². The zero-order chi connectivity index (χ0) is 47.0. The number of aliphatic hydroxyl groups excluding tert-OH is 1. The molecule has 2 saturated carbocycles. The highest BCUT2D eigenvalue weighted by molar-refractivity contribution is 7.18. The fourth-order valence-electron chi connectivity index (χ4n) is 9.26. The molecule has 19 heteroatoms. The number of anilines is 1. The lowest BCUT2D eigenvalue weighted by Gasteiger charge is -2.65. The molecule has 1 aliphatic heterocycles. The average molecular weight is 932 g/mol. The Morgan fingerprint density at radius 3 is 2.34 bits per heavy atom. The van der Waals surface area contributed by atoms with Crippen molar-refractivity contribution in [2.24, 2.45) is 35.3 Å². The van der Waals surface area contributed by atoms with E-state index < -0.39 is 71.2 Å². The maximum atomic E-state index is 13.7. The Kier molecular flexibility index (Phi) is 17.1. The highest BCUT2D eigenvalue weighted by atomic mass is 35.5. The number of nitrogens with two attached hydrogens (primary N) is 1. The van der Waals surface area contributed by atoms with E-state index in [1.165, 1.54) is 26.5 Å². The SMILES string of the molecule is COC(=O)/C=C/c1ccc(C2(OC)OOC23C(C)CC2CC(C)CC3C2)c(Cl)c1OCc1ccc(NC(=O)C(CCCNC(N)=O)NC(=O)C(NC(=O)OC(C)(P)CO)C(C)C)cc1. The molecule has 2 aliphatic carbocycles. The van der Waals surface area contributed by atoms with Crippen molar-refractivity contribution in [1.82, 2.24) is 16.0 Å². The number of esters is 1. The van der Waals surface area contributed by atoms with Gasteiger partial charge in [0.2, 0.25) is 11.8 Å². The van der Waals surface area contributed by atoms with E-state index in [1.54, 1.807) is 57.4 Å². The summed E-state index contributed by atoms with van der Waals surface area (Å²) in [5.41, 5.74) is 6.59. The maximum Gasteiger partial charge on any atom is 0.408 e. The van der Waals surface area contributed by atoms with Crippen LogP contribution in [-0.2, 0) is 50.8 Å². The van der Waals surface area contributed by atoms with E-state index in [1.807, 2.05) is 6.07 Å². The first kappa shape index (κ1) is 50.5. The Hall–Kier alpha value is -4.51. The number of rotatable bonds is 19. The number of alkyl carbamates (subject to hydrolysis) is 1. The number of carbonyl (C=O) groups is 5. The fraction of sp³-hybridized carbons (Fsp3) is 0.578. The molecule has 17 nitrogen and oxygen atoms in total. The molecule has 352 valence electrons. The summed E-state index contributed by atoms with van der Waals surface area (Å²) >= 11 is 7.29.